The number of ether oxygens (including phenoxy) is 1. The zero-order valence-corrected chi connectivity index (χ0v) is 11.0. The van der Waals surface area contributed by atoms with Crippen LogP contribution >= 0.6 is 0 Å². The average molecular weight is 252 g/mol. The molecule has 0 saturated heterocycles. The predicted molar refractivity (Wildman–Crippen MR) is 69.0 cm³/mol. The first-order valence-corrected chi connectivity index (χ1v) is 6.63. The highest BCUT2D eigenvalue weighted by Gasteiger charge is 2.26. The molecule has 0 bridgehead atoms. The SMILES string of the molecule is COc1cc(C(O)C2CCCC(C)C2)ccc1F. The minimum atomic E-state index is -0.512. The van der Waals surface area contributed by atoms with E-state index in [2.05, 4.69) is 6.92 Å². The van der Waals surface area contributed by atoms with E-state index in [1.807, 2.05) is 0 Å². The van der Waals surface area contributed by atoms with Gasteiger partial charge in [-0.1, -0.05) is 25.8 Å². The number of hydrogen-bond acceptors (Lipinski definition) is 2. The molecule has 3 unspecified atom stereocenters. The van der Waals surface area contributed by atoms with E-state index in [0.717, 1.165) is 18.4 Å². The van der Waals surface area contributed by atoms with Gasteiger partial charge in [-0.25, -0.2) is 4.39 Å². The molecule has 2 nitrogen and oxygen atoms in total. The maximum Gasteiger partial charge on any atom is 0.165 e. The number of aliphatic hydroxyl groups excluding tert-OH is 1. The lowest BCUT2D eigenvalue weighted by molar-refractivity contribution is 0.0711. The van der Waals surface area contributed by atoms with Gasteiger partial charge in [-0.2, -0.15) is 0 Å². The third-order valence-corrected chi connectivity index (χ3v) is 3.94. The molecule has 3 heteroatoms. The third-order valence-electron chi connectivity index (χ3n) is 3.94. The summed E-state index contributed by atoms with van der Waals surface area (Å²) in [6.45, 7) is 2.23. The van der Waals surface area contributed by atoms with Crippen molar-refractivity contribution in [1.29, 1.82) is 0 Å². The van der Waals surface area contributed by atoms with Crippen LogP contribution in [0.2, 0.25) is 0 Å². The second kappa shape index (κ2) is 5.70. The van der Waals surface area contributed by atoms with Crippen LogP contribution in [-0.2, 0) is 0 Å². The summed E-state index contributed by atoms with van der Waals surface area (Å²) >= 11 is 0. The Hall–Kier alpha value is -1.09. The first kappa shape index (κ1) is 13.3. The van der Waals surface area contributed by atoms with Crippen molar-refractivity contribution in [2.75, 3.05) is 7.11 Å². The fourth-order valence-electron chi connectivity index (χ4n) is 2.90. The number of benzene rings is 1. The minimum absolute atomic E-state index is 0.204. The second-order valence-corrected chi connectivity index (χ2v) is 5.37. The molecule has 0 aliphatic heterocycles. The standard InChI is InChI=1S/C15H21FO2/c1-10-4-3-5-11(8-10)15(17)12-6-7-13(16)14(9-12)18-2/h6-7,9-11,15,17H,3-5,8H2,1-2H3. The van der Waals surface area contributed by atoms with E-state index in [4.69, 9.17) is 4.74 Å². The fraction of sp³-hybridized carbons (Fsp3) is 0.600. The van der Waals surface area contributed by atoms with Crippen molar-refractivity contribution in [2.45, 2.75) is 38.7 Å². The Morgan fingerprint density at radius 2 is 2.17 bits per heavy atom. The molecular weight excluding hydrogens is 231 g/mol. The molecule has 1 aliphatic rings. The molecule has 0 amide bonds. The largest absolute Gasteiger partial charge is 0.494 e. The number of aliphatic hydroxyl groups is 1. The molecule has 1 saturated carbocycles. The van der Waals surface area contributed by atoms with Crippen molar-refractivity contribution in [3.05, 3.63) is 29.6 Å². The maximum atomic E-state index is 13.3. The summed E-state index contributed by atoms with van der Waals surface area (Å²) in [6.07, 6.45) is 3.99. The van der Waals surface area contributed by atoms with Crippen molar-refractivity contribution >= 4 is 0 Å². The van der Waals surface area contributed by atoms with Gasteiger partial charge in [0.25, 0.3) is 0 Å². The molecule has 0 aromatic heterocycles. The molecule has 18 heavy (non-hydrogen) atoms. The van der Waals surface area contributed by atoms with Gasteiger partial charge in [-0.05, 0) is 42.4 Å². The quantitative estimate of drug-likeness (QED) is 0.889. The molecule has 1 aliphatic carbocycles. The van der Waals surface area contributed by atoms with E-state index in [0.29, 0.717) is 5.92 Å². The molecule has 100 valence electrons. The van der Waals surface area contributed by atoms with Gasteiger partial charge < -0.3 is 9.84 Å². The van der Waals surface area contributed by atoms with Gasteiger partial charge in [0.2, 0.25) is 0 Å². The van der Waals surface area contributed by atoms with Gasteiger partial charge in [0.05, 0.1) is 13.2 Å². The molecule has 1 N–H and O–H groups in total. The van der Waals surface area contributed by atoms with Gasteiger partial charge in [-0.15, -0.1) is 0 Å². The van der Waals surface area contributed by atoms with Crippen LogP contribution < -0.4 is 4.74 Å². The molecule has 2 rings (SSSR count). The van der Waals surface area contributed by atoms with Crippen molar-refractivity contribution in [2.24, 2.45) is 11.8 Å². The van der Waals surface area contributed by atoms with Crippen molar-refractivity contribution in [3.8, 4) is 5.75 Å². The summed E-state index contributed by atoms with van der Waals surface area (Å²) < 4.78 is 18.3. The van der Waals surface area contributed by atoms with Gasteiger partial charge in [0.15, 0.2) is 11.6 Å². The highest BCUT2D eigenvalue weighted by molar-refractivity contribution is 5.31. The Bertz CT molecular complexity index is 405. The zero-order valence-electron chi connectivity index (χ0n) is 11.0. The van der Waals surface area contributed by atoms with Gasteiger partial charge in [0, 0.05) is 0 Å². The van der Waals surface area contributed by atoms with E-state index in [-0.39, 0.29) is 17.5 Å². The minimum Gasteiger partial charge on any atom is -0.494 e. The highest BCUT2D eigenvalue weighted by atomic mass is 19.1. The molecule has 1 fully saturated rings. The molecular formula is C15H21FO2. The van der Waals surface area contributed by atoms with Gasteiger partial charge in [0.1, 0.15) is 0 Å². The highest BCUT2D eigenvalue weighted by Crippen LogP contribution is 2.37. The van der Waals surface area contributed by atoms with E-state index in [1.165, 1.54) is 26.0 Å². The number of methoxy groups -OCH3 is 1. The van der Waals surface area contributed by atoms with Crippen molar-refractivity contribution in [1.82, 2.24) is 0 Å². The van der Waals surface area contributed by atoms with Crippen LogP contribution in [0.4, 0.5) is 4.39 Å². The Labute approximate surface area is 108 Å². The van der Waals surface area contributed by atoms with Crippen LogP contribution in [0, 0.1) is 17.7 Å². The molecule has 0 radical (unpaired) electrons. The van der Waals surface area contributed by atoms with Gasteiger partial charge in [-0.3, -0.25) is 0 Å². The summed E-state index contributed by atoms with van der Waals surface area (Å²) in [4.78, 5) is 0. The molecule has 3 atom stereocenters. The topological polar surface area (TPSA) is 29.5 Å². The van der Waals surface area contributed by atoms with E-state index in [1.54, 1.807) is 12.1 Å². The van der Waals surface area contributed by atoms with Gasteiger partial charge >= 0.3 is 0 Å². The Morgan fingerprint density at radius 1 is 1.39 bits per heavy atom. The van der Waals surface area contributed by atoms with E-state index >= 15 is 0 Å². The van der Waals surface area contributed by atoms with Crippen LogP contribution in [0.25, 0.3) is 0 Å². The first-order chi connectivity index (χ1) is 8.61. The Balaban J connectivity index is 2.14. The predicted octanol–water partition coefficient (Wildman–Crippen LogP) is 3.69. The normalized spacial score (nSPS) is 25.8. The smallest absolute Gasteiger partial charge is 0.165 e. The Morgan fingerprint density at radius 3 is 2.83 bits per heavy atom. The lowest BCUT2D eigenvalue weighted by atomic mass is 9.78. The first-order valence-electron chi connectivity index (χ1n) is 6.63. The van der Waals surface area contributed by atoms with E-state index < -0.39 is 6.10 Å². The van der Waals surface area contributed by atoms with Crippen molar-refractivity contribution < 1.29 is 14.2 Å². The lowest BCUT2D eigenvalue weighted by Gasteiger charge is -2.30. The Kier molecular flexibility index (Phi) is 4.23. The summed E-state index contributed by atoms with van der Waals surface area (Å²) in [5.74, 6) is 0.769. The summed E-state index contributed by atoms with van der Waals surface area (Å²) in [6, 6.07) is 4.63. The van der Waals surface area contributed by atoms with Crippen LogP contribution in [0.3, 0.4) is 0 Å². The molecule has 0 spiro atoms. The average Bonchev–Trinajstić information content (AvgIpc) is 2.38. The van der Waals surface area contributed by atoms with Crippen LogP contribution in [0.15, 0.2) is 18.2 Å². The number of hydrogen-bond donors (Lipinski definition) is 1. The lowest BCUT2D eigenvalue weighted by Crippen LogP contribution is -2.20. The van der Waals surface area contributed by atoms with Crippen LogP contribution in [0.5, 0.6) is 5.75 Å². The summed E-state index contributed by atoms with van der Waals surface area (Å²) in [7, 11) is 1.44. The number of halogens is 1. The second-order valence-electron chi connectivity index (χ2n) is 5.37. The van der Waals surface area contributed by atoms with E-state index in [9.17, 15) is 9.50 Å². The molecule has 1 aromatic carbocycles. The van der Waals surface area contributed by atoms with Crippen LogP contribution in [-0.4, -0.2) is 12.2 Å². The fourth-order valence-corrected chi connectivity index (χ4v) is 2.90. The number of rotatable bonds is 3. The van der Waals surface area contributed by atoms with Crippen LogP contribution in [0.1, 0.15) is 44.3 Å². The maximum absolute atomic E-state index is 13.3. The van der Waals surface area contributed by atoms with Crippen molar-refractivity contribution in [3.63, 3.8) is 0 Å². The molecule has 0 heterocycles. The molecule has 1 aromatic rings. The monoisotopic (exact) mass is 252 g/mol. The zero-order chi connectivity index (χ0) is 13.1. The summed E-state index contributed by atoms with van der Waals surface area (Å²) in [5.41, 5.74) is 0.757. The summed E-state index contributed by atoms with van der Waals surface area (Å²) in [5, 5.41) is 10.4. The third kappa shape index (κ3) is 2.83.